The summed E-state index contributed by atoms with van der Waals surface area (Å²) in [6.45, 7) is 7.00. The number of hydrogen-bond acceptors (Lipinski definition) is 3. The van der Waals surface area contributed by atoms with Gasteiger partial charge in [-0.05, 0) is 52.5 Å². The predicted octanol–water partition coefficient (Wildman–Crippen LogP) is 1.36. The normalized spacial score (nSPS) is 37.1. The van der Waals surface area contributed by atoms with Gasteiger partial charge in [0.05, 0.1) is 6.10 Å². The molecule has 0 aromatic heterocycles. The van der Waals surface area contributed by atoms with Crippen LogP contribution in [0.15, 0.2) is 0 Å². The molecule has 0 spiro atoms. The largest absolute Gasteiger partial charge is 0.393 e. The lowest BCUT2D eigenvalue weighted by Gasteiger charge is -2.29. The third-order valence-electron chi connectivity index (χ3n) is 4.12. The molecule has 2 N–H and O–H groups in total. The first-order valence-corrected chi connectivity index (χ1v) is 6.83. The van der Waals surface area contributed by atoms with Gasteiger partial charge in [0.15, 0.2) is 0 Å². The van der Waals surface area contributed by atoms with Crippen LogP contribution in [-0.4, -0.2) is 47.3 Å². The van der Waals surface area contributed by atoms with Crippen molar-refractivity contribution in [3.05, 3.63) is 0 Å². The maximum absolute atomic E-state index is 9.47. The number of nitrogens with one attached hydrogen (secondary N) is 1. The Balaban J connectivity index is 1.71. The Hall–Kier alpha value is -0.120. The molecule has 1 aliphatic heterocycles. The molecule has 2 rings (SSSR count). The molecule has 2 fully saturated rings. The van der Waals surface area contributed by atoms with Crippen LogP contribution in [0.2, 0.25) is 0 Å². The topological polar surface area (TPSA) is 35.5 Å². The second-order valence-corrected chi connectivity index (χ2v) is 5.75. The molecular formula is C13H26N2O. The van der Waals surface area contributed by atoms with E-state index in [1.807, 2.05) is 0 Å². The van der Waals surface area contributed by atoms with Crippen molar-refractivity contribution in [1.29, 1.82) is 0 Å². The van der Waals surface area contributed by atoms with Crippen molar-refractivity contribution in [2.45, 2.75) is 70.2 Å². The van der Waals surface area contributed by atoms with Gasteiger partial charge in [-0.2, -0.15) is 0 Å². The highest BCUT2D eigenvalue weighted by Crippen LogP contribution is 2.21. The fourth-order valence-corrected chi connectivity index (χ4v) is 2.97. The van der Waals surface area contributed by atoms with Crippen molar-refractivity contribution in [1.82, 2.24) is 10.2 Å². The highest BCUT2D eigenvalue weighted by atomic mass is 16.3. The van der Waals surface area contributed by atoms with Gasteiger partial charge in [0.1, 0.15) is 0 Å². The maximum Gasteiger partial charge on any atom is 0.0541 e. The molecule has 1 unspecified atom stereocenters. The van der Waals surface area contributed by atoms with Crippen LogP contribution in [0.25, 0.3) is 0 Å². The van der Waals surface area contributed by atoms with Gasteiger partial charge < -0.3 is 10.4 Å². The standard InChI is InChI=1S/C13H26N2O/c1-10(2)15-8-7-12(9-15)14-11-3-5-13(16)6-4-11/h10-14,16H,3-9H2,1-2H3. The summed E-state index contributed by atoms with van der Waals surface area (Å²) in [6.07, 6.45) is 5.53. The van der Waals surface area contributed by atoms with Crippen molar-refractivity contribution >= 4 is 0 Å². The highest BCUT2D eigenvalue weighted by molar-refractivity contribution is 4.87. The molecule has 0 aromatic carbocycles. The Bertz CT molecular complexity index is 212. The minimum absolute atomic E-state index is 0.0335. The van der Waals surface area contributed by atoms with Crippen LogP contribution in [0, 0.1) is 0 Å². The summed E-state index contributed by atoms with van der Waals surface area (Å²) in [5.74, 6) is 0. The summed E-state index contributed by atoms with van der Waals surface area (Å²) in [5, 5.41) is 13.2. The Morgan fingerprint density at radius 3 is 2.31 bits per heavy atom. The molecule has 0 amide bonds. The van der Waals surface area contributed by atoms with E-state index < -0.39 is 0 Å². The van der Waals surface area contributed by atoms with E-state index in [9.17, 15) is 5.11 Å². The summed E-state index contributed by atoms with van der Waals surface area (Å²) >= 11 is 0. The zero-order valence-electron chi connectivity index (χ0n) is 10.7. The van der Waals surface area contributed by atoms with E-state index in [2.05, 4.69) is 24.1 Å². The summed E-state index contributed by atoms with van der Waals surface area (Å²) in [4.78, 5) is 2.55. The molecule has 0 aromatic rings. The highest BCUT2D eigenvalue weighted by Gasteiger charge is 2.27. The molecule has 3 heteroatoms. The van der Waals surface area contributed by atoms with Gasteiger partial charge >= 0.3 is 0 Å². The van der Waals surface area contributed by atoms with E-state index in [0.717, 1.165) is 25.7 Å². The predicted molar refractivity (Wildman–Crippen MR) is 66.5 cm³/mol. The van der Waals surface area contributed by atoms with E-state index in [1.165, 1.54) is 19.5 Å². The Morgan fingerprint density at radius 1 is 1.06 bits per heavy atom. The number of likely N-dealkylation sites (tertiary alicyclic amines) is 1. The molecule has 1 saturated heterocycles. The van der Waals surface area contributed by atoms with Crippen molar-refractivity contribution in [3.63, 3.8) is 0 Å². The Kier molecular flexibility index (Phi) is 4.22. The summed E-state index contributed by atoms with van der Waals surface area (Å²) in [7, 11) is 0. The number of hydrogen-bond donors (Lipinski definition) is 2. The molecule has 1 aliphatic carbocycles. The zero-order valence-corrected chi connectivity index (χ0v) is 10.7. The summed E-state index contributed by atoms with van der Waals surface area (Å²) < 4.78 is 0. The number of aliphatic hydroxyl groups is 1. The molecular weight excluding hydrogens is 200 g/mol. The molecule has 1 atom stereocenters. The smallest absolute Gasteiger partial charge is 0.0541 e. The molecule has 2 aliphatic rings. The second-order valence-electron chi connectivity index (χ2n) is 5.75. The Labute approximate surface area is 99.2 Å². The van der Waals surface area contributed by atoms with Gasteiger partial charge in [0.2, 0.25) is 0 Å². The third kappa shape index (κ3) is 3.19. The summed E-state index contributed by atoms with van der Waals surface area (Å²) in [6, 6.07) is 2.02. The van der Waals surface area contributed by atoms with Crippen LogP contribution >= 0.6 is 0 Å². The fourth-order valence-electron chi connectivity index (χ4n) is 2.97. The SMILES string of the molecule is CC(C)N1CCC(NC2CCC(O)CC2)C1. The van der Waals surface area contributed by atoms with Crippen LogP contribution < -0.4 is 5.32 Å². The summed E-state index contributed by atoms with van der Waals surface area (Å²) in [5.41, 5.74) is 0. The molecule has 94 valence electrons. The zero-order chi connectivity index (χ0) is 11.5. The minimum Gasteiger partial charge on any atom is -0.393 e. The molecule has 3 nitrogen and oxygen atoms in total. The fraction of sp³-hybridized carbons (Fsp3) is 1.00. The van der Waals surface area contributed by atoms with Crippen LogP contribution in [-0.2, 0) is 0 Å². The van der Waals surface area contributed by atoms with Crippen molar-refractivity contribution in [3.8, 4) is 0 Å². The van der Waals surface area contributed by atoms with E-state index in [-0.39, 0.29) is 6.10 Å². The van der Waals surface area contributed by atoms with Crippen molar-refractivity contribution in [2.75, 3.05) is 13.1 Å². The lowest BCUT2D eigenvalue weighted by Crippen LogP contribution is -2.43. The second kappa shape index (κ2) is 5.48. The van der Waals surface area contributed by atoms with Gasteiger partial charge in [0.25, 0.3) is 0 Å². The lowest BCUT2D eigenvalue weighted by atomic mass is 9.92. The van der Waals surface area contributed by atoms with E-state index in [0.29, 0.717) is 18.1 Å². The van der Waals surface area contributed by atoms with E-state index in [1.54, 1.807) is 0 Å². The maximum atomic E-state index is 9.47. The van der Waals surface area contributed by atoms with Crippen LogP contribution in [0.4, 0.5) is 0 Å². The van der Waals surface area contributed by atoms with E-state index >= 15 is 0 Å². The van der Waals surface area contributed by atoms with Crippen molar-refractivity contribution in [2.24, 2.45) is 0 Å². The van der Waals surface area contributed by atoms with Crippen LogP contribution in [0.5, 0.6) is 0 Å². The number of aliphatic hydroxyl groups excluding tert-OH is 1. The first kappa shape index (κ1) is 12.3. The van der Waals surface area contributed by atoms with Gasteiger partial charge in [0, 0.05) is 24.7 Å². The first-order valence-electron chi connectivity index (χ1n) is 6.83. The monoisotopic (exact) mass is 226 g/mol. The van der Waals surface area contributed by atoms with Gasteiger partial charge in [-0.15, -0.1) is 0 Å². The van der Waals surface area contributed by atoms with Crippen LogP contribution in [0.3, 0.4) is 0 Å². The molecule has 1 heterocycles. The average molecular weight is 226 g/mol. The van der Waals surface area contributed by atoms with Crippen LogP contribution in [0.1, 0.15) is 46.0 Å². The quantitative estimate of drug-likeness (QED) is 0.763. The minimum atomic E-state index is -0.0335. The van der Waals surface area contributed by atoms with Gasteiger partial charge in [-0.25, -0.2) is 0 Å². The first-order chi connectivity index (χ1) is 7.65. The lowest BCUT2D eigenvalue weighted by molar-refractivity contribution is 0.114. The number of nitrogens with zero attached hydrogens (tertiary/aromatic N) is 1. The molecule has 1 saturated carbocycles. The van der Waals surface area contributed by atoms with Gasteiger partial charge in [-0.3, -0.25) is 4.90 Å². The average Bonchev–Trinajstić information content (AvgIpc) is 2.70. The van der Waals surface area contributed by atoms with E-state index in [4.69, 9.17) is 0 Å². The number of rotatable bonds is 3. The van der Waals surface area contributed by atoms with Gasteiger partial charge in [-0.1, -0.05) is 0 Å². The Morgan fingerprint density at radius 2 is 1.75 bits per heavy atom. The third-order valence-corrected chi connectivity index (χ3v) is 4.12. The molecule has 0 bridgehead atoms. The molecule has 16 heavy (non-hydrogen) atoms. The van der Waals surface area contributed by atoms with Crippen molar-refractivity contribution < 1.29 is 5.11 Å². The molecule has 0 radical (unpaired) electrons.